The van der Waals surface area contributed by atoms with Gasteiger partial charge in [-0.15, -0.1) is 0 Å². The summed E-state index contributed by atoms with van der Waals surface area (Å²) in [5, 5.41) is 4.00. The quantitative estimate of drug-likeness (QED) is 0.654. The highest BCUT2D eigenvalue weighted by atomic mass is 19.1. The van der Waals surface area contributed by atoms with Crippen molar-refractivity contribution in [1.82, 2.24) is 10.1 Å². The Bertz CT molecular complexity index is 940. The van der Waals surface area contributed by atoms with Crippen molar-refractivity contribution < 1.29 is 28.0 Å². The molecule has 7 nitrogen and oxygen atoms in total. The monoisotopic (exact) mass is 430 g/mol. The van der Waals surface area contributed by atoms with Crippen LogP contribution in [0, 0.1) is 11.2 Å². The van der Waals surface area contributed by atoms with Gasteiger partial charge in [0.1, 0.15) is 23.4 Å². The first-order valence-electron chi connectivity index (χ1n) is 10.8. The van der Waals surface area contributed by atoms with Gasteiger partial charge in [0.15, 0.2) is 0 Å². The summed E-state index contributed by atoms with van der Waals surface area (Å²) < 4.78 is 30.5. The van der Waals surface area contributed by atoms with Gasteiger partial charge in [-0.2, -0.15) is 0 Å². The van der Waals surface area contributed by atoms with Crippen molar-refractivity contribution >= 4 is 11.9 Å². The lowest BCUT2D eigenvalue weighted by molar-refractivity contribution is -0.162. The SMILES string of the molecule is CCOC(=O)[C@@]1(Cc2cc(-c3ccccc3F)no2)CCCN(C(=O)[C@H]2CCCO2)C1. The van der Waals surface area contributed by atoms with E-state index in [9.17, 15) is 14.0 Å². The van der Waals surface area contributed by atoms with E-state index in [-0.39, 0.29) is 31.4 Å². The van der Waals surface area contributed by atoms with Gasteiger partial charge < -0.3 is 18.9 Å². The summed E-state index contributed by atoms with van der Waals surface area (Å²) in [6.45, 7) is 3.41. The fraction of sp³-hybridized carbons (Fsp3) is 0.522. The molecule has 1 aromatic heterocycles. The number of hydrogen-bond donors (Lipinski definition) is 0. The number of carbonyl (C=O) groups is 2. The van der Waals surface area contributed by atoms with Crippen LogP contribution in [0.3, 0.4) is 0 Å². The zero-order valence-electron chi connectivity index (χ0n) is 17.6. The number of benzene rings is 1. The highest BCUT2D eigenvalue weighted by Crippen LogP contribution is 2.37. The molecule has 2 aliphatic heterocycles. The topological polar surface area (TPSA) is 81.9 Å². The van der Waals surface area contributed by atoms with Gasteiger partial charge in [0.05, 0.1) is 12.0 Å². The Labute approximate surface area is 180 Å². The van der Waals surface area contributed by atoms with E-state index < -0.39 is 17.3 Å². The second-order valence-corrected chi connectivity index (χ2v) is 8.20. The molecule has 0 N–H and O–H groups in total. The van der Waals surface area contributed by atoms with E-state index in [1.807, 2.05) is 0 Å². The lowest BCUT2D eigenvalue weighted by Crippen LogP contribution is -2.53. The number of halogens is 1. The highest BCUT2D eigenvalue weighted by molar-refractivity contribution is 5.83. The molecule has 3 heterocycles. The maximum absolute atomic E-state index is 14.1. The second-order valence-electron chi connectivity index (χ2n) is 8.20. The van der Waals surface area contributed by atoms with Crippen molar-refractivity contribution in [1.29, 1.82) is 0 Å². The van der Waals surface area contributed by atoms with Gasteiger partial charge in [-0.25, -0.2) is 4.39 Å². The molecule has 1 aromatic carbocycles. The first kappa shape index (κ1) is 21.5. The Balaban J connectivity index is 1.57. The molecule has 0 unspecified atom stereocenters. The lowest BCUT2D eigenvalue weighted by atomic mass is 9.76. The summed E-state index contributed by atoms with van der Waals surface area (Å²) in [7, 11) is 0. The van der Waals surface area contributed by atoms with Gasteiger partial charge >= 0.3 is 5.97 Å². The summed E-state index contributed by atoms with van der Waals surface area (Å²) in [5.74, 6) is -0.370. The Morgan fingerprint density at radius 2 is 2.16 bits per heavy atom. The van der Waals surface area contributed by atoms with Crippen molar-refractivity contribution in [2.24, 2.45) is 5.41 Å². The predicted octanol–water partition coefficient (Wildman–Crippen LogP) is 3.37. The first-order valence-corrected chi connectivity index (χ1v) is 10.8. The van der Waals surface area contributed by atoms with Crippen LogP contribution in [0.5, 0.6) is 0 Å². The fourth-order valence-electron chi connectivity index (χ4n) is 4.49. The number of hydrogen-bond acceptors (Lipinski definition) is 6. The van der Waals surface area contributed by atoms with E-state index in [2.05, 4.69) is 5.16 Å². The average Bonchev–Trinajstić information content (AvgIpc) is 3.46. The number of ether oxygens (including phenoxy) is 2. The van der Waals surface area contributed by atoms with Gasteiger partial charge in [-0.1, -0.05) is 17.3 Å². The summed E-state index contributed by atoms with van der Waals surface area (Å²) in [5.41, 5.74) is -0.231. The van der Waals surface area contributed by atoms with Crippen LogP contribution in [-0.4, -0.2) is 54.3 Å². The second kappa shape index (κ2) is 9.18. The Morgan fingerprint density at radius 3 is 2.90 bits per heavy atom. The van der Waals surface area contributed by atoms with Crippen LogP contribution in [-0.2, 0) is 25.5 Å². The largest absolute Gasteiger partial charge is 0.466 e. The number of piperidine rings is 1. The van der Waals surface area contributed by atoms with Crippen molar-refractivity contribution in [3.63, 3.8) is 0 Å². The molecule has 166 valence electrons. The normalized spacial score (nSPS) is 23.7. The third-order valence-electron chi connectivity index (χ3n) is 6.02. The van der Waals surface area contributed by atoms with E-state index in [1.165, 1.54) is 6.07 Å². The van der Waals surface area contributed by atoms with Crippen molar-refractivity contribution in [2.45, 2.75) is 45.1 Å². The first-order chi connectivity index (χ1) is 15.0. The van der Waals surface area contributed by atoms with Crippen LogP contribution >= 0.6 is 0 Å². The molecule has 31 heavy (non-hydrogen) atoms. The van der Waals surface area contributed by atoms with E-state index in [0.29, 0.717) is 49.4 Å². The number of esters is 1. The van der Waals surface area contributed by atoms with Crippen molar-refractivity contribution in [2.75, 3.05) is 26.3 Å². The highest BCUT2D eigenvalue weighted by Gasteiger charge is 2.46. The molecular weight excluding hydrogens is 403 g/mol. The van der Waals surface area contributed by atoms with Crippen LogP contribution < -0.4 is 0 Å². The molecule has 1 amide bonds. The van der Waals surface area contributed by atoms with Gasteiger partial charge in [-0.05, 0) is 44.7 Å². The Kier molecular flexibility index (Phi) is 6.36. The van der Waals surface area contributed by atoms with Crippen molar-refractivity contribution in [3.05, 3.63) is 41.9 Å². The van der Waals surface area contributed by atoms with Crippen LogP contribution in [0.4, 0.5) is 4.39 Å². The zero-order valence-corrected chi connectivity index (χ0v) is 17.6. The fourth-order valence-corrected chi connectivity index (χ4v) is 4.49. The molecule has 8 heteroatoms. The van der Waals surface area contributed by atoms with E-state index >= 15 is 0 Å². The molecule has 4 rings (SSSR count). The van der Waals surface area contributed by atoms with Crippen LogP contribution in [0.25, 0.3) is 11.3 Å². The smallest absolute Gasteiger partial charge is 0.314 e. The Hall–Kier alpha value is -2.74. The molecular formula is C23H27FN2O5. The molecule has 0 radical (unpaired) electrons. The zero-order chi connectivity index (χ0) is 21.8. The minimum Gasteiger partial charge on any atom is -0.466 e. The number of carbonyl (C=O) groups excluding carboxylic acids is 2. The van der Waals surface area contributed by atoms with Gasteiger partial charge in [-0.3, -0.25) is 9.59 Å². The van der Waals surface area contributed by atoms with Crippen molar-refractivity contribution in [3.8, 4) is 11.3 Å². The van der Waals surface area contributed by atoms with Crippen LogP contribution in [0.1, 0.15) is 38.4 Å². The minimum atomic E-state index is -0.936. The lowest BCUT2D eigenvalue weighted by Gasteiger charge is -2.41. The molecule has 2 atom stereocenters. The van der Waals surface area contributed by atoms with Gasteiger partial charge in [0, 0.05) is 37.7 Å². The molecule has 0 aliphatic carbocycles. The number of amides is 1. The van der Waals surface area contributed by atoms with Gasteiger partial charge in [0.25, 0.3) is 5.91 Å². The van der Waals surface area contributed by atoms with E-state index in [4.69, 9.17) is 14.0 Å². The number of rotatable bonds is 6. The summed E-state index contributed by atoms with van der Waals surface area (Å²) >= 11 is 0. The number of nitrogens with zero attached hydrogens (tertiary/aromatic N) is 2. The summed E-state index contributed by atoms with van der Waals surface area (Å²) in [6.07, 6.45) is 2.60. The third kappa shape index (κ3) is 4.49. The number of aromatic nitrogens is 1. The molecule has 2 saturated heterocycles. The predicted molar refractivity (Wildman–Crippen MR) is 109 cm³/mol. The summed E-state index contributed by atoms with van der Waals surface area (Å²) in [6, 6.07) is 7.97. The maximum atomic E-state index is 14.1. The van der Waals surface area contributed by atoms with E-state index in [0.717, 1.165) is 6.42 Å². The van der Waals surface area contributed by atoms with Crippen LogP contribution in [0.2, 0.25) is 0 Å². The molecule has 2 aromatic rings. The van der Waals surface area contributed by atoms with Crippen LogP contribution in [0.15, 0.2) is 34.9 Å². The third-order valence-corrected chi connectivity index (χ3v) is 6.02. The van der Waals surface area contributed by atoms with E-state index in [1.54, 1.807) is 36.1 Å². The molecule has 2 fully saturated rings. The molecule has 0 bridgehead atoms. The molecule has 2 aliphatic rings. The standard InChI is InChI=1S/C23H27FN2O5/c1-2-29-22(28)23(10-6-11-26(15-23)21(27)20-9-5-12-30-20)14-16-13-19(25-31-16)17-7-3-4-8-18(17)24/h3-4,7-8,13,20H,2,5-6,9-12,14-15H2,1H3/t20-,23-/m1/s1. The Morgan fingerprint density at radius 1 is 1.32 bits per heavy atom. The maximum Gasteiger partial charge on any atom is 0.314 e. The molecule has 0 saturated carbocycles. The minimum absolute atomic E-state index is 0.0736. The number of likely N-dealkylation sites (tertiary alicyclic amines) is 1. The molecule has 0 spiro atoms. The van der Waals surface area contributed by atoms with Gasteiger partial charge in [0.2, 0.25) is 0 Å². The summed E-state index contributed by atoms with van der Waals surface area (Å²) in [4.78, 5) is 27.7. The average molecular weight is 430 g/mol.